The zero-order chi connectivity index (χ0) is 21.9. The molecule has 2 aliphatic carbocycles. The lowest BCUT2D eigenvalue weighted by Crippen LogP contribution is -2.57. The van der Waals surface area contributed by atoms with Crippen molar-refractivity contribution in [1.29, 1.82) is 0 Å². The molecule has 1 heterocycles. The molecule has 1 saturated carbocycles. The summed E-state index contributed by atoms with van der Waals surface area (Å²) < 4.78 is 11.7. The second-order valence-corrected chi connectivity index (χ2v) is 9.89. The number of amides is 1. The molecule has 0 spiro atoms. The number of halogens is 1. The van der Waals surface area contributed by atoms with Crippen LogP contribution in [0.5, 0.6) is 0 Å². The highest BCUT2D eigenvalue weighted by Gasteiger charge is 2.55. The normalized spacial score (nSPS) is 23.7. The standard InChI is InChI=1S/C24H35ClN2O3/c1-6-9-20(24(14-15-24)17-12-13-21(25)26-16-17)27(22(28)30-23(2,3)4)18-10-7-8-11-19(18)29-5/h7-8,12-13,16,18-20H,6,9-11,14-15H2,1-5H3/t18?,19-,20?/m1/s1. The van der Waals surface area contributed by atoms with E-state index in [0.29, 0.717) is 5.15 Å². The maximum Gasteiger partial charge on any atom is 0.410 e. The molecule has 1 aromatic heterocycles. The number of aromatic nitrogens is 1. The van der Waals surface area contributed by atoms with E-state index in [1.165, 1.54) is 0 Å². The molecule has 0 bridgehead atoms. The van der Waals surface area contributed by atoms with Crippen molar-refractivity contribution < 1.29 is 14.3 Å². The van der Waals surface area contributed by atoms with Gasteiger partial charge in [-0.2, -0.15) is 0 Å². The summed E-state index contributed by atoms with van der Waals surface area (Å²) in [4.78, 5) is 19.9. The largest absolute Gasteiger partial charge is 0.444 e. The van der Waals surface area contributed by atoms with Gasteiger partial charge in [0.2, 0.25) is 0 Å². The fourth-order valence-electron chi connectivity index (χ4n) is 4.70. The van der Waals surface area contributed by atoms with E-state index < -0.39 is 5.60 Å². The quantitative estimate of drug-likeness (QED) is 0.395. The lowest BCUT2D eigenvalue weighted by atomic mass is 9.83. The number of carbonyl (C=O) groups excluding carboxylic acids is 1. The minimum atomic E-state index is -0.558. The summed E-state index contributed by atoms with van der Waals surface area (Å²) in [6, 6.07) is 3.88. The number of nitrogens with zero attached hydrogens (tertiary/aromatic N) is 2. The molecule has 0 radical (unpaired) electrons. The molecular formula is C24H35ClN2O3. The molecule has 1 aromatic rings. The van der Waals surface area contributed by atoms with Crippen molar-refractivity contribution in [2.75, 3.05) is 7.11 Å². The smallest absolute Gasteiger partial charge is 0.410 e. The topological polar surface area (TPSA) is 51.7 Å². The Morgan fingerprint density at radius 1 is 1.30 bits per heavy atom. The summed E-state index contributed by atoms with van der Waals surface area (Å²) >= 11 is 6.05. The minimum Gasteiger partial charge on any atom is -0.444 e. The summed E-state index contributed by atoms with van der Waals surface area (Å²) in [6.07, 6.45) is 11.4. The minimum absolute atomic E-state index is 0.0227. The Morgan fingerprint density at radius 3 is 2.53 bits per heavy atom. The molecule has 0 N–H and O–H groups in total. The van der Waals surface area contributed by atoms with Gasteiger partial charge in [-0.1, -0.05) is 43.2 Å². The zero-order valence-electron chi connectivity index (χ0n) is 18.9. The molecule has 30 heavy (non-hydrogen) atoms. The van der Waals surface area contributed by atoms with Crippen molar-refractivity contribution in [2.24, 2.45) is 0 Å². The number of rotatable bonds is 7. The first-order chi connectivity index (χ1) is 14.2. The first-order valence-corrected chi connectivity index (χ1v) is 11.4. The average molecular weight is 435 g/mol. The maximum atomic E-state index is 13.6. The second kappa shape index (κ2) is 9.27. The van der Waals surface area contributed by atoms with E-state index in [4.69, 9.17) is 21.1 Å². The van der Waals surface area contributed by atoms with E-state index in [0.717, 1.165) is 44.1 Å². The van der Waals surface area contributed by atoms with Crippen LogP contribution >= 0.6 is 11.6 Å². The molecule has 3 atom stereocenters. The van der Waals surface area contributed by atoms with Gasteiger partial charge < -0.3 is 9.47 Å². The van der Waals surface area contributed by atoms with Gasteiger partial charge in [0.25, 0.3) is 0 Å². The summed E-state index contributed by atoms with van der Waals surface area (Å²) in [5.74, 6) is 0. The Hall–Kier alpha value is -1.59. The van der Waals surface area contributed by atoms with Crippen LogP contribution in [0, 0.1) is 0 Å². The lowest BCUT2D eigenvalue weighted by molar-refractivity contribution is -0.0379. The highest BCUT2D eigenvalue weighted by molar-refractivity contribution is 6.29. The number of pyridine rings is 1. The maximum absolute atomic E-state index is 13.6. The van der Waals surface area contributed by atoms with Gasteiger partial charge >= 0.3 is 6.09 Å². The Kier molecular flexibility index (Phi) is 7.13. The van der Waals surface area contributed by atoms with Gasteiger partial charge in [0, 0.05) is 24.8 Å². The second-order valence-electron chi connectivity index (χ2n) is 9.50. The van der Waals surface area contributed by atoms with E-state index in [-0.39, 0.29) is 29.7 Å². The monoisotopic (exact) mass is 434 g/mol. The number of hydrogen-bond donors (Lipinski definition) is 0. The van der Waals surface area contributed by atoms with E-state index in [1.807, 2.05) is 37.9 Å². The molecule has 0 aromatic carbocycles. The molecule has 2 aliphatic rings. The number of hydrogen-bond acceptors (Lipinski definition) is 4. The molecule has 0 saturated heterocycles. The predicted octanol–water partition coefficient (Wildman–Crippen LogP) is 5.91. The van der Waals surface area contributed by atoms with Crippen molar-refractivity contribution >= 4 is 17.7 Å². The van der Waals surface area contributed by atoms with Gasteiger partial charge in [-0.3, -0.25) is 4.90 Å². The van der Waals surface area contributed by atoms with E-state index in [9.17, 15) is 4.79 Å². The highest BCUT2D eigenvalue weighted by atomic mass is 35.5. The van der Waals surface area contributed by atoms with E-state index in [1.54, 1.807) is 7.11 Å². The first kappa shape index (κ1) is 23.1. The third-order valence-electron chi connectivity index (χ3n) is 6.23. The Morgan fingerprint density at radius 2 is 2.00 bits per heavy atom. The van der Waals surface area contributed by atoms with Gasteiger partial charge in [-0.05, 0) is 64.5 Å². The molecule has 3 rings (SSSR count). The zero-order valence-corrected chi connectivity index (χ0v) is 19.6. The van der Waals surface area contributed by atoms with Crippen molar-refractivity contribution in [2.45, 2.75) is 95.4 Å². The van der Waals surface area contributed by atoms with Crippen LogP contribution in [0.1, 0.15) is 71.8 Å². The fourth-order valence-corrected chi connectivity index (χ4v) is 4.82. The fraction of sp³-hybridized carbons (Fsp3) is 0.667. The third kappa shape index (κ3) is 5.00. The van der Waals surface area contributed by atoms with Crippen LogP contribution < -0.4 is 0 Å². The lowest BCUT2D eigenvalue weighted by Gasteiger charge is -2.45. The number of carbonyl (C=O) groups is 1. The summed E-state index contributed by atoms with van der Waals surface area (Å²) in [5.41, 5.74) is 0.487. The van der Waals surface area contributed by atoms with Crippen LogP contribution in [0.2, 0.25) is 5.15 Å². The van der Waals surface area contributed by atoms with E-state index in [2.05, 4.69) is 30.1 Å². The Balaban J connectivity index is 2.02. The third-order valence-corrected chi connectivity index (χ3v) is 6.46. The molecule has 1 amide bonds. The van der Waals surface area contributed by atoms with E-state index >= 15 is 0 Å². The Bertz CT molecular complexity index is 753. The van der Waals surface area contributed by atoms with Crippen LogP contribution in [0.25, 0.3) is 0 Å². The summed E-state index contributed by atoms with van der Waals surface area (Å²) in [6.45, 7) is 7.93. The van der Waals surface area contributed by atoms with Crippen molar-refractivity contribution in [3.8, 4) is 0 Å². The van der Waals surface area contributed by atoms with Gasteiger partial charge in [-0.15, -0.1) is 0 Å². The SMILES string of the molecule is CCCC(N(C(=O)OC(C)(C)C)C1CC=CC[C@H]1OC)C1(c2ccc(Cl)nc2)CC1. The molecule has 166 valence electrons. The van der Waals surface area contributed by atoms with Crippen LogP contribution in [-0.2, 0) is 14.9 Å². The van der Waals surface area contributed by atoms with Crippen LogP contribution in [0.4, 0.5) is 4.79 Å². The highest BCUT2D eigenvalue weighted by Crippen LogP contribution is 2.54. The number of ether oxygens (including phenoxy) is 2. The first-order valence-electron chi connectivity index (χ1n) is 11.0. The molecule has 2 unspecified atom stereocenters. The Labute approximate surface area is 185 Å². The molecule has 5 nitrogen and oxygen atoms in total. The molecule has 6 heteroatoms. The van der Waals surface area contributed by atoms with Gasteiger partial charge in [0.1, 0.15) is 10.8 Å². The van der Waals surface area contributed by atoms with Gasteiger partial charge in [0.15, 0.2) is 0 Å². The van der Waals surface area contributed by atoms with Crippen molar-refractivity contribution in [1.82, 2.24) is 9.88 Å². The van der Waals surface area contributed by atoms with Crippen LogP contribution in [0.3, 0.4) is 0 Å². The van der Waals surface area contributed by atoms with Gasteiger partial charge in [-0.25, -0.2) is 9.78 Å². The summed E-state index contributed by atoms with van der Waals surface area (Å²) in [5, 5.41) is 0.488. The van der Waals surface area contributed by atoms with Crippen molar-refractivity contribution in [3.05, 3.63) is 41.2 Å². The molecule has 0 aliphatic heterocycles. The predicted molar refractivity (Wildman–Crippen MR) is 120 cm³/mol. The van der Waals surface area contributed by atoms with Crippen molar-refractivity contribution in [3.63, 3.8) is 0 Å². The average Bonchev–Trinajstić information content (AvgIpc) is 3.49. The summed E-state index contributed by atoms with van der Waals surface area (Å²) in [7, 11) is 1.73. The van der Waals surface area contributed by atoms with Crippen LogP contribution in [-0.4, -0.2) is 46.9 Å². The van der Waals surface area contributed by atoms with Gasteiger partial charge in [0.05, 0.1) is 12.1 Å². The molecular weight excluding hydrogens is 400 g/mol. The number of methoxy groups -OCH3 is 1. The molecule has 1 fully saturated rings. The van der Waals surface area contributed by atoms with Crippen LogP contribution in [0.15, 0.2) is 30.5 Å².